The van der Waals surface area contributed by atoms with E-state index in [1.54, 1.807) is 31.1 Å². The lowest BCUT2D eigenvalue weighted by Gasteiger charge is -2.23. The number of phenols is 1. The van der Waals surface area contributed by atoms with Crippen LogP contribution in [0.1, 0.15) is 24.0 Å². The highest BCUT2D eigenvalue weighted by Gasteiger charge is 2.28. The normalized spacial score (nSPS) is 13.1. The van der Waals surface area contributed by atoms with E-state index in [1.165, 1.54) is 12.1 Å². The summed E-state index contributed by atoms with van der Waals surface area (Å²) in [5, 5.41) is 35.0. The molecule has 0 heterocycles. The van der Waals surface area contributed by atoms with E-state index in [4.69, 9.17) is 11.1 Å². The summed E-state index contributed by atoms with van der Waals surface area (Å²) in [6.45, 7) is 0.360. The number of rotatable bonds is 13. The van der Waals surface area contributed by atoms with Crippen LogP contribution in [0.2, 0.25) is 0 Å². The average molecular weight is 513 g/mol. The number of nitrogens with two attached hydrogens (primary N) is 1. The predicted octanol–water partition coefficient (Wildman–Crippen LogP) is 0.425. The molecule has 0 unspecified atom stereocenters. The summed E-state index contributed by atoms with van der Waals surface area (Å²) < 4.78 is 0. The number of hydrogen-bond donors (Lipinski definition) is 7. The minimum Gasteiger partial charge on any atom is -0.508 e. The van der Waals surface area contributed by atoms with E-state index in [0.717, 1.165) is 5.56 Å². The zero-order valence-corrected chi connectivity index (χ0v) is 21.1. The van der Waals surface area contributed by atoms with Crippen molar-refractivity contribution >= 4 is 23.7 Å². The van der Waals surface area contributed by atoms with E-state index in [2.05, 4.69) is 16.0 Å². The van der Waals surface area contributed by atoms with Gasteiger partial charge in [-0.25, -0.2) is 4.79 Å². The Hall–Kier alpha value is -4.12. The molecule has 0 aliphatic rings. The molecule has 0 aliphatic carbocycles. The van der Waals surface area contributed by atoms with Gasteiger partial charge in [-0.3, -0.25) is 15.0 Å². The molecule has 11 nitrogen and oxygen atoms in total. The summed E-state index contributed by atoms with van der Waals surface area (Å²) in [7, 11) is 3.42. The molecule has 3 atom stereocenters. The van der Waals surface area contributed by atoms with Gasteiger partial charge in [0.15, 0.2) is 5.96 Å². The monoisotopic (exact) mass is 512 g/mol. The summed E-state index contributed by atoms with van der Waals surface area (Å²) >= 11 is 0. The highest BCUT2D eigenvalue weighted by Crippen LogP contribution is 2.12. The van der Waals surface area contributed by atoms with Gasteiger partial charge in [-0.1, -0.05) is 42.5 Å². The number of hydrogen-bond acceptors (Lipinski definition) is 6. The molecule has 200 valence electrons. The first-order valence-corrected chi connectivity index (χ1v) is 12.0. The number of carboxylic acids is 1. The summed E-state index contributed by atoms with van der Waals surface area (Å²) in [4.78, 5) is 39.4. The Bertz CT molecular complexity index is 1050. The van der Waals surface area contributed by atoms with E-state index in [-0.39, 0.29) is 31.0 Å². The second-order valence-electron chi connectivity index (χ2n) is 8.94. The first kappa shape index (κ1) is 29.1. The lowest BCUT2D eigenvalue weighted by molar-refractivity contribution is -0.142. The van der Waals surface area contributed by atoms with Gasteiger partial charge in [-0.2, -0.15) is 0 Å². The van der Waals surface area contributed by atoms with Crippen LogP contribution in [0.15, 0.2) is 54.6 Å². The van der Waals surface area contributed by atoms with Crippen LogP contribution >= 0.6 is 0 Å². The second kappa shape index (κ2) is 14.4. The summed E-state index contributed by atoms with van der Waals surface area (Å²) in [6, 6.07) is 12.2. The van der Waals surface area contributed by atoms with Crippen LogP contribution in [0.4, 0.5) is 0 Å². The van der Waals surface area contributed by atoms with Gasteiger partial charge in [-0.05, 0) is 42.5 Å². The Balaban J connectivity index is 2.07. The Labute approximate surface area is 216 Å². The fraction of sp³-hybridized carbons (Fsp3) is 0.385. The van der Waals surface area contributed by atoms with Crippen molar-refractivity contribution in [1.82, 2.24) is 20.9 Å². The number of aliphatic carboxylic acids is 1. The number of nitrogens with one attached hydrogen (secondary N) is 4. The molecule has 0 bridgehead atoms. The third-order valence-electron chi connectivity index (χ3n) is 5.67. The van der Waals surface area contributed by atoms with Crippen LogP contribution in [0, 0.1) is 5.41 Å². The molecule has 0 aromatic heterocycles. The Morgan fingerprint density at radius 1 is 0.919 bits per heavy atom. The zero-order valence-electron chi connectivity index (χ0n) is 21.1. The fourth-order valence-electron chi connectivity index (χ4n) is 3.52. The van der Waals surface area contributed by atoms with Gasteiger partial charge in [0.25, 0.3) is 0 Å². The molecule has 2 aromatic carbocycles. The van der Waals surface area contributed by atoms with Crippen LogP contribution < -0.4 is 21.7 Å². The smallest absolute Gasteiger partial charge is 0.326 e. The molecule has 2 aromatic rings. The van der Waals surface area contributed by atoms with Crippen molar-refractivity contribution in [2.45, 2.75) is 43.8 Å². The molecule has 0 radical (unpaired) electrons. The molecule has 0 fully saturated rings. The molecule has 0 aliphatic heterocycles. The van der Waals surface area contributed by atoms with E-state index in [1.807, 2.05) is 30.3 Å². The number of carboxylic acid groups (broad SMARTS) is 1. The minimum absolute atomic E-state index is 0.0561. The van der Waals surface area contributed by atoms with Crippen molar-refractivity contribution in [2.75, 3.05) is 20.6 Å². The number of carbonyl (C=O) groups excluding carboxylic acids is 2. The second-order valence-corrected chi connectivity index (χ2v) is 8.94. The number of guanidine groups is 1. The van der Waals surface area contributed by atoms with Crippen molar-refractivity contribution in [3.8, 4) is 5.75 Å². The number of amides is 2. The highest BCUT2D eigenvalue weighted by atomic mass is 16.4. The number of benzene rings is 2. The van der Waals surface area contributed by atoms with Crippen molar-refractivity contribution in [2.24, 2.45) is 5.73 Å². The fourth-order valence-corrected chi connectivity index (χ4v) is 3.52. The summed E-state index contributed by atoms with van der Waals surface area (Å²) in [6.07, 6.45) is 0.864. The number of aromatic hydroxyl groups is 1. The van der Waals surface area contributed by atoms with E-state index in [9.17, 15) is 24.6 Å². The predicted molar refractivity (Wildman–Crippen MR) is 140 cm³/mol. The molecular weight excluding hydrogens is 476 g/mol. The number of phenolic OH excluding ortho intramolecular Hbond substituents is 1. The summed E-state index contributed by atoms with van der Waals surface area (Å²) in [5.74, 6) is -2.15. The van der Waals surface area contributed by atoms with Gasteiger partial charge >= 0.3 is 5.97 Å². The number of nitrogens with zero attached hydrogens (tertiary/aromatic N) is 1. The molecule has 0 saturated carbocycles. The van der Waals surface area contributed by atoms with Gasteiger partial charge in [0.1, 0.15) is 17.8 Å². The van der Waals surface area contributed by atoms with Crippen LogP contribution in [0.25, 0.3) is 0 Å². The Morgan fingerprint density at radius 3 is 2.11 bits per heavy atom. The summed E-state index contributed by atoms with van der Waals surface area (Å²) in [5.41, 5.74) is 7.62. The highest BCUT2D eigenvalue weighted by molar-refractivity contribution is 5.92. The molecule has 37 heavy (non-hydrogen) atoms. The zero-order chi connectivity index (χ0) is 27.4. The van der Waals surface area contributed by atoms with Gasteiger partial charge < -0.3 is 36.8 Å². The maximum atomic E-state index is 13.1. The minimum atomic E-state index is -1.20. The van der Waals surface area contributed by atoms with Gasteiger partial charge in [0.2, 0.25) is 11.8 Å². The molecule has 11 heteroatoms. The Morgan fingerprint density at radius 2 is 1.51 bits per heavy atom. The van der Waals surface area contributed by atoms with Gasteiger partial charge in [0.05, 0.1) is 6.04 Å². The average Bonchev–Trinajstić information content (AvgIpc) is 2.86. The van der Waals surface area contributed by atoms with Crippen LogP contribution in [0.5, 0.6) is 5.75 Å². The van der Waals surface area contributed by atoms with Crippen LogP contribution in [0.3, 0.4) is 0 Å². The van der Waals surface area contributed by atoms with Crippen molar-refractivity contribution in [3.63, 3.8) is 0 Å². The van der Waals surface area contributed by atoms with Crippen molar-refractivity contribution in [3.05, 3.63) is 65.7 Å². The van der Waals surface area contributed by atoms with Crippen LogP contribution in [-0.4, -0.2) is 77.6 Å². The van der Waals surface area contributed by atoms with E-state index < -0.39 is 35.9 Å². The van der Waals surface area contributed by atoms with Crippen LogP contribution in [-0.2, 0) is 27.2 Å². The maximum absolute atomic E-state index is 13.1. The Kier molecular flexibility index (Phi) is 11.4. The number of carbonyl (C=O) groups is 3. The SMILES string of the molecule is CN(C)C(=N)NCCC[C@H](NC(=O)[C@H](Cc1ccc(O)cc1)NC(=O)[C@@H](N)Cc1ccccc1)C(=O)O. The lowest BCUT2D eigenvalue weighted by Crippen LogP contribution is -2.55. The quantitative estimate of drug-likeness (QED) is 0.115. The third kappa shape index (κ3) is 10.2. The lowest BCUT2D eigenvalue weighted by atomic mass is 10.0. The van der Waals surface area contributed by atoms with E-state index in [0.29, 0.717) is 18.5 Å². The third-order valence-corrected chi connectivity index (χ3v) is 5.67. The standard InChI is InChI=1S/C26H36N6O5/c1-32(2)26(28)29-14-6-9-21(25(36)37)30-24(35)22(16-18-10-12-19(33)13-11-18)31-23(34)20(27)15-17-7-4-3-5-8-17/h3-5,7-8,10-13,20-22,33H,6,9,14-16,27H2,1-2H3,(H2,28,29)(H,30,35)(H,31,34)(H,36,37)/t20-,21-,22-/m0/s1. The van der Waals surface area contributed by atoms with Crippen molar-refractivity contribution in [1.29, 1.82) is 5.41 Å². The largest absolute Gasteiger partial charge is 0.508 e. The van der Waals surface area contributed by atoms with Gasteiger partial charge in [0, 0.05) is 27.1 Å². The molecule has 0 saturated heterocycles. The molecular formula is C26H36N6O5. The first-order chi connectivity index (χ1) is 17.6. The first-order valence-electron chi connectivity index (χ1n) is 12.0. The van der Waals surface area contributed by atoms with E-state index >= 15 is 0 Å². The molecule has 0 spiro atoms. The van der Waals surface area contributed by atoms with Crippen molar-refractivity contribution < 1.29 is 24.6 Å². The molecule has 8 N–H and O–H groups in total. The molecule has 2 rings (SSSR count). The van der Waals surface area contributed by atoms with Gasteiger partial charge in [-0.15, -0.1) is 0 Å². The molecule has 2 amide bonds. The topological polar surface area (TPSA) is 181 Å². The maximum Gasteiger partial charge on any atom is 0.326 e.